The van der Waals surface area contributed by atoms with Crippen molar-refractivity contribution in [1.29, 1.82) is 0 Å². The summed E-state index contributed by atoms with van der Waals surface area (Å²) in [7, 11) is -7.86. The molecule has 0 aliphatic rings. The number of benzene rings is 3. The molecule has 12 nitrogen and oxygen atoms in total. The van der Waals surface area contributed by atoms with Crippen molar-refractivity contribution < 1.29 is 35.8 Å². The number of hydrogen-bond acceptors (Lipinski definition) is 9. The summed E-state index contributed by atoms with van der Waals surface area (Å²) in [6.45, 7) is 3.40. The van der Waals surface area contributed by atoms with E-state index in [0.29, 0.717) is 5.69 Å². The Bertz CT molecular complexity index is 1620. The number of fused-ring (bicyclic) bond motifs is 1. The van der Waals surface area contributed by atoms with Gasteiger partial charge in [0.2, 0.25) is 0 Å². The third kappa shape index (κ3) is 5.83. The van der Waals surface area contributed by atoms with Crippen LogP contribution in [0.1, 0.15) is 0 Å². The number of azo groups is 1. The van der Waals surface area contributed by atoms with E-state index in [1.807, 2.05) is 0 Å². The molecule has 3 aromatic carbocycles. The van der Waals surface area contributed by atoms with Crippen LogP contribution in [0.15, 0.2) is 73.5 Å². The van der Waals surface area contributed by atoms with Crippen molar-refractivity contribution in [2.45, 2.75) is 9.79 Å². The number of hydrogen-bond donors (Lipinski definition) is 5. The average molecular weight is 585 g/mol. The number of nitrogens with zero attached hydrogens (tertiary/aromatic N) is 2. The zero-order valence-corrected chi connectivity index (χ0v) is 20.9. The maximum atomic E-state index is 11.9. The number of phenols is 1. The van der Waals surface area contributed by atoms with Crippen LogP contribution in [0.4, 0.5) is 22.7 Å². The maximum absolute atomic E-state index is 11.9. The normalized spacial score (nSPS) is 12.1. The van der Waals surface area contributed by atoms with Crippen LogP contribution in [0.5, 0.6) is 5.75 Å². The van der Waals surface area contributed by atoms with Gasteiger partial charge in [0.15, 0.2) is 0 Å². The predicted molar refractivity (Wildman–Crippen MR) is 132 cm³/mol. The van der Waals surface area contributed by atoms with E-state index < -0.39 is 41.7 Å². The van der Waals surface area contributed by atoms with Gasteiger partial charge in [0.25, 0.3) is 26.1 Å². The van der Waals surface area contributed by atoms with Gasteiger partial charge in [-0.25, -0.2) is 0 Å². The van der Waals surface area contributed by atoms with Crippen LogP contribution in [0.2, 0.25) is 0 Å². The third-order valence-corrected chi connectivity index (χ3v) is 6.68. The lowest BCUT2D eigenvalue weighted by molar-refractivity contribution is -0.112. The highest BCUT2D eigenvalue weighted by molar-refractivity contribution is 9.12. The lowest BCUT2D eigenvalue weighted by Crippen LogP contribution is -2.11. The highest BCUT2D eigenvalue weighted by Crippen LogP contribution is 2.42. The molecule has 5 N–H and O–H groups in total. The monoisotopic (exact) mass is 584 g/mol. The number of aromatic hydroxyl groups is 1. The highest BCUT2D eigenvalue weighted by atomic mass is 79.9. The van der Waals surface area contributed by atoms with Crippen molar-refractivity contribution >= 4 is 75.6 Å². The summed E-state index contributed by atoms with van der Waals surface area (Å²) < 4.78 is 65.8. The smallest absolute Gasteiger partial charge is 0.296 e. The second kappa shape index (κ2) is 9.71. The number of rotatable bonds is 7. The number of anilines is 2. The first-order valence-corrected chi connectivity index (χ1v) is 13.0. The Hall–Kier alpha value is -3.37. The van der Waals surface area contributed by atoms with Crippen molar-refractivity contribution in [1.82, 2.24) is 0 Å². The van der Waals surface area contributed by atoms with E-state index in [1.54, 1.807) is 7.05 Å². The number of nitrogens with one attached hydrogen (secondary N) is 2. The minimum absolute atomic E-state index is 0.0119. The largest absolute Gasteiger partial charge is 0.507 e. The van der Waals surface area contributed by atoms with Crippen molar-refractivity contribution in [2.24, 2.45) is 10.2 Å². The lowest BCUT2D eigenvalue weighted by Gasteiger charge is -2.11. The van der Waals surface area contributed by atoms with Crippen LogP contribution in [-0.2, 0) is 25.0 Å². The van der Waals surface area contributed by atoms with Crippen LogP contribution in [0, 0.1) is 0 Å². The molecule has 3 aromatic rings. The van der Waals surface area contributed by atoms with E-state index in [0.717, 1.165) is 18.2 Å². The molecule has 0 unspecified atom stereocenters. The molecule has 35 heavy (non-hydrogen) atoms. The number of amides is 1. The molecule has 0 atom stereocenters. The van der Waals surface area contributed by atoms with Gasteiger partial charge in [0.1, 0.15) is 22.0 Å². The fraction of sp³-hybridized carbons (Fsp3) is 0.0500. The Morgan fingerprint density at radius 2 is 1.69 bits per heavy atom. The summed E-state index contributed by atoms with van der Waals surface area (Å²) >= 11 is 2.89. The Labute approximate surface area is 208 Å². The van der Waals surface area contributed by atoms with Crippen molar-refractivity contribution in [2.75, 3.05) is 17.7 Å². The second-order valence-corrected chi connectivity index (χ2v) is 10.7. The molecule has 0 spiro atoms. The molecule has 0 heterocycles. The predicted octanol–water partition coefficient (Wildman–Crippen LogP) is 4.34. The highest BCUT2D eigenvalue weighted by Gasteiger charge is 2.20. The third-order valence-electron chi connectivity index (χ3n) is 4.61. The van der Waals surface area contributed by atoms with Crippen LogP contribution >= 0.6 is 15.9 Å². The molecule has 0 fully saturated rings. The molecule has 0 radical (unpaired) electrons. The van der Waals surface area contributed by atoms with E-state index >= 15 is 0 Å². The first-order chi connectivity index (χ1) is 16.2. The molecular formula is C20H17BrN4O8S2. The summed E-state index contributed by atoms with van der Waals surface area (Å²) in [5.74, 6) is -1.18. The fourth-order valence-corrected chi connectivity index (χ4v) is 4.32. The molecule has 184 valence electrons. The summed E-state index contributed by atoms with van der Waals surface area (Å²) in [5.41, 5.74) is 0.0813. The van der Waals surface area contributed by atoms with E-state index in [-0.39, 0.29) is 32.3 Å². The van der Waals surface area contributed by atoms with Crippen molar-refractivity contribution in [3.8, 4) is 5.75 Å². The minimum atomic E-state index is -4.80. The van der Waals surface area contributed by atoms with Gasteiger partial charge < -0.3 is 15.7 Å². The van der Waals surface area contributed by atoms with Crippen molar-refractivity contribution in [3.05, 3.63) is 53.5 Å². The van der Waals surface area contributed by atoms with Gasteiger partial charge in [0.05, 0.1) is 20.5 Å². The molecule has 0 saturated heterocycles. The molecule has 0 aliphatic carbocycles. The molecule has 15 heteroatoms. The quantitative estimate of drug-likeness (QED) is 0.152. The van der Waals surface area contributed by atoms with Gasteiger partial charge in [-0.05, 0) is 51.6 Å². The minimum Gasteiger partial charge on any atom is -0.507 e. The Morgan fingerprint density at radius 3 is 2.26 bits per heavy atom. The van der Waals surface area contributed by atoms with E-state index in [2.05, 4.69) is 43.4 Å². The molecule has 0 saturated carbocycles. The van der Waals surface area contributed by atoms with Gasteiger partial charge in [-0.2, -0.15) is 16.8 Å². The van der Waals surface area contributed by atoms with E-state index in [1.165, 1.54) is 24.3 Å². The number of halogens is 1. The first kappa shape index (κ1) is 26.2. The van der Waals surface area contributed by atoms with Crippen LogP contribution in [0.25, 0.3) is 10.8 Å². The van der Waals surface area contributed by atoms with Crippen LogP contribution in [0.3, 0.4) is 0 Å². The fourth-order valence-electron chi connectivity index (χ4n) is 3.04. The Kier molecular flexibility index (Phi) is 7.28. The molecule has 1 amide bonds. The van der Waals surface area contributed by atoms with Gasteiger partial charge in [-0.3, -0.25) is 13.9 Å². The zero-order valence-electron chi connectivity index (χ0n) is 17.7. The Morgan fingerprint density at radius 1 is 1.00 bits per heavy atom. The maximum Gasteiger partial charge on any atom is 0.296 e. The summed E-state index contributed by atoms with van der Waals surface area (Å²) in [6, 6.07) is 8.37. The number of carbonyl (C=O) groups excluding carboxylic acids is 1. The summed E-state index contributed by atoms with van der Waals surface area (Å²) in [6.07, 6.45) is 0. The van der Waals surface area contributed by atoms with Gasteiger partial charge in [0, 0.05) is 18.8 Å². The average Bonchev–Trinajstić information content (AvgIpc) is 2.76. The first-order valence-electron chi connectivity index (χ1n) is 9.36. The van der Waals surface area contributed by atoms with Crippen LogP contribution < -0.4 is 10.6 Å². The van der Waals surface area contributed by atoms with Crippen LogP contribution in [-0.4, -0.2) is 44.0 Å². The SMILES string of the molecule is C=C(Br)C(=O)Nc1ccc(/N=N/c2c(NC)ccc3cc(S(=O)(=O)O)cc(O)c23)c(S(=O)(=O)O)c1. The number of carbonyl (C=O) groups is 1. The van der Waals surface area contributed by atoms with Gasteiger partial charge in [-0.1, -0.05) is 12.6 Å². The molecular weight excluding hydrogens is 568 g/mol. The lowest BCUT2D eigenvalue weighted by atomic mass is 10.1. The van der Waals surface area contributed by atoms with E-state index in [4.69, 9.17) is 0 Å². The second-order valence-electron chi connectivity index (χ2n) is 6.94. The summed E-state index contributed by atoms with van der Waals surface area (Å²) in [4.78, 5) is 10.6. The summed E-state index contributed by atoms with van der Waals surface area (Å²) in [5, 5.41) is 23.8. The molecule has 0 bridgehead atoms. The molecule has 0 aliphatic heterocycles. The van der Waals surface area contributed by atoms with Gasteiger partial charge in [-0.15, -0.1) is 10.2 Å². The Balaban J connectivity index is 2.18. The van der Waals surface area contributed by atoms with Gasteiger partial charge >= 0.3 is 0 Å². The van der Waals surface area contributed by atoms with E-state index in [9.17, 15) is 35.8 Å². The zero-order chi connectivity index (χ0) is 26.1. The number of phenolic OH excluding ortho intramolecular Hbond substituents is 1. The molecule has 3 rings (SSSR count). The van der Waals surface area contributed by atoms with Crippen molar-refractivity contribution in [3.63, 3.8) is 0 Å². The molecule has 0 aromatic heterocycles. The topological polar surface area (TPSA) is 195 Å². The standard InChI is InChI=1S/C20H17BrN4O8S2/c1-10(21)20(27)23-12-4-6-14(17(8-12)35(31,32)33)24-25-19-15(22-2)5-3-11-7-13(34(28,29)30)9-16(26)18(11)19/h3-9,22,26H,1H2,2H3,(H,23,27)(H,28,29,30)(H,31,32,33)/b25-24+.